The van der Waals surface area contributed by atoms with Crippen molar-refractivity contribution in [2.45, 2.75) is 53.6 Å². The fourth-order valence-corrected chi connectivity index (χ4v) is 1.76. The summed E-state index contributed by atoms with van der Waals surface area (Å²) >= 11 is 0. The lowest BCUT2D eigenvalue weighted by Crippen LogP contribution is -2.37. The van der Waals surface area contributed by atoms with E-state index in [0.29, 0.717) is 17.4 Å². The van der Waals surface area contributed by atoms with E-state index >= 15 is 0 Å². The fraction of sp³-hybridized carbons (Fsp3) is 0.750. The molecule has 0 bridgehead atoms. The summed E-state index contributed by atoms with van der Waals surface area (Å²) in [5, 5.41) is 2.57. The van der Waals surface area contributed by atoms with Crippen LogP contribution in [0.2, 0.25) is 0 Å². The molecule has 0 aromatic carbocycles. The van der Waals surface area contributed by atoms with E-state index < -0.39 is 17.7 Å². The first-order chi connectivity index (χ1) is 9.55. The van der Waals surface area contributed by atoms with Gasteiger partial charge in [-0.2, -0.15) is 0 Å². The maximum atomic E-state index is 11.7. The Hall–Kier alpha value is -1.52. The molecule has 0 saturated heterocycles. The second kappa shape index (κ2) is 8.70. The molecule has 1 amide bonds. The molecule has 0 saturated carbocycles. The molecule has 0 rings (SSSR count). The SMILES string of the molecule is C=C(C)C(=O)OCCNC(=O)OC(C)(C)CC(C)C(C)C. The van der Waals surface area contributed by atoms with Crippen LogP contribution < -0.4 is 5.32 Å². The summed E-state index contributed by atoms with van der Waals surface area (Å²) in [7, 11) is 0. The van der Waals surface area contributed by atoms with Gasteiger partial charge in [0.05, 0.1) is 6.54 Å². The van der Waals surface area contributed by atoms with Gasteiger partial charge >= 0.3 is 12.1 Å². The maximum Gasteiger partial charge on any atom is 0.407 e. The van der Waals surface area contributed by atoms with Gasteiger partial charge in [-0.25, -0.2) is 9.59 Å². The molecule has 0 aliphatic rings. The van der Waals surface area contributed by atoms with Gasteiger partial charge in [0.25, 0.3) is 0 Å². The molecule has 1 unspecified atom stereocenters. The van der Waals surface area contributed by atoms with Crippen molar-refractivity contribution in [3.8, 4) is 0 Å². The highest BCUT2D eigenvalue weighted by Gasteiger charge is 2.26. The summed E-state index contributed by atoms with van der Waals surface area (Å²) in [5.74, 6) is 0.540. The first kappa shape index (κ1) is 19.5. The molecule has 0 heterocycles. The lowest BCUT2D eigenvalue weighted by molar-refractivity contribution is -0.138. The molecule has 0 spiro atoms. The molecule has 21 heavy (non-hydrogen) atoms. The number of nitrogens with one attached hydrogen (secondary N) is 1. The first-order valence-corrected chi connectivity index (χ1v) is 7.34. The number of esters is 1. The van der Waals surface area contributed by atoms with Crippen LogP contribution >= 0.6 is 0 Å². The standard InChI is InChI=1S/C16H29NO4/c1-11(2)13(5)10-16(6,7)21-15(19)17-8-9-20-14(18)12(3)4/h11,13H,3,8-10H2,1-2,4-7H3,(H,17,19). The Balaban J connectivity index is 4.02. The average molecular weight is 299 g/mol. The predicted octanol–water partition coefficient (Wildman–Crippen LogP) is 3.29. The van der Waals surface area contributed by atoms with Crippen LogP contribution in [0, 0.1) is 11.8 Å². The van der Waals surface area contributed by atoms with Gasteiger partial charge in [-0.3, -0.25) is 0 Å². The van der Waals surface area contributed by atoms with Gasteiger partial charge < -0.3 is 14.8 Å². The van der Waals surface area contributed by atoms with Crippen molar-refractivity contribution < 1.29 is 19.1 Å². The van der Waals surface area contributed by atoms with Gasteiger partial charge in [0.15, 0.2) is 0 Å². The Kier molecular flexibility index (Phi) is 8.07. The zero-order valence-corrected chi connectivity index (χ0v) is 14.1. The third-order valence-corrected chi connectivity index (χ3v) is 3.27. The van der Waals surface area contributed by atoms with Gasteiger partial charge in [-0.05, 0) is 39.0 Å². The number of amides is 1. The van der Waals surface area contributed by atoms with Gasteiger partial charge in [0.2, 0.25) is 0 Å². The number of carbonyl (C=O) groups excluding carboxylic acids is 2. The van der Waals surface area contributed by atoms with Crippen molar-refractivity contribution in [2.75, 3.05) is 13.2 Å². The molecule has 1 atom stereocenters. The highest BCUT2D eigenvalue weighted by atomic mass is 16.6. The third-order valence-electron chi connectivity index (χ3n) is 3.27. The van der Waals surface area contributed by atoms with Gasteiger partial charge in [0, 0.05) is 5.57 Å². The van der Waals surface area contributed by atoms with Crippen LogP contribution in [-0.4, -0.2) is 30.8 Å². The zero-order valence-electron chi connectivity index (χ0n) is 14.1. The second-order valence-electron chi connectivity index (χ2n) is 6.42. The second-order valence-corrected chi connectivity index (χ2v) is 6.42. The lowest BCUT2D eigenvalue weighted by atomic mass is 9.87. The summed E-state index contributed by atoms with van der Waals surface area (Å²) < 4.78 is 10.3. The normalized spacial score (nSPS) is 12.7. The number of rotatable bonds is 8. The van der Waals surface area contributed by atoms with E-state index in [-0.39, 0.29) is 13.2 Å². The molecule has 5 heteroatoms. The van der Waals surface area contributed by atoms with Crippen LogP contribution in [0.15, 0.2) is 12.2 Å². The largest absolute Gasteiger partial charge is 0.460 e. The highest BCUT2D eigenvalue weighted by molar-refractivity contribution is 5.86. The first-order valence-electron chi connectivity index (χ1n) is 7.34. The topological polar surface area (TPSA) is 64.6 Å². The van der Waals surface area contributed by atoms with Crippen LogP contribution in [0.4, 0.5) is 4.79 Å². The summed E-state index contributed by atoms with van der Waals surface area (Å²) in [6, 6.07) is 0. The van der Waals surface area contributed by atoms with Crippen LogP contribution in [0.5, 0.6) is 0 Å². The molecule has 0 aliphatic heterocycles. The van der Waals surface area contributed by atoms with E-state index in [1.807, 2.05) is 13.8 Å². The molecule has 1 N–H and O–H groups in total. The Bertz CT molecular complexity index is 374. The minimum Gasteiger partial charge on any atom is -0.460 e. The van der Waals surface area contributed by atoms with E-state index in [0.717, 1.165) is 6.42 Å². The molecular formula is C16H29NO4. The third kappa shape index (κ3) is 9.10. The molecule has 122 valence electrons. The number of carbonyl (C=O) groups is 2. The van der Waals surface area contributed by atoms with E-state index in [1.165, 1.54) is 0 Å². The van der Waals surface area contributed by atoms with Crippen molar-refractivity contribution in [1.82, 2.24) is 5.32 Å². The van der Waals surface area contributed by atoms with E-state index in [1.54, 1.807) is 6.92 Å². The Morgan fingerprint density at radius 2 is 1.81 bits per heavy atom. The molecule has 0 fully saturated rings. The van der Waals surface area contributed by atoms with Gasteiger partial charge in [-0.1, -0.05) is 27.4 Å². The van der Waals surface area contributed by atoms with Gasteiger partial charge in [0.1, 0.15) is 12.2 Å². The minimum absolute atomic E-state index is 0.101. The van der Waals surface area contributed by atoms with Crippen LogP contribution in [0.3, 0.4) is 0 Å². The van der Waals surface area contributed by atoms with Crippen LogP contribution in [-0.2, 0) is 14.3 Å². The number of alkyl carbamates (subject to hydrolysis) is 1. The minimum atomic E-state index is -0.526. The van der Waals surface area contributed by atoms with Crippen molar-refractivity contribution in [3.63, 3.8) is 0 Å². The quantitative estimate of drug-likeness (QED) is 0.424. The molecule has 0 radical (unpaired) electrons. The van der Waals surface area contributed by atoms with Crippen molar-refractivity contribution in [1.29, 1.82) is 0 Å². The number of hydrogen-bond acceptors (Lipinski definition) is 4. The van der Waals surface area contributed by atoms with Crippen molar-refractivity contribution >= 4 is 12.1 Å². The summed E-state index contributed by atoms with van der Waals surface area (Å²) in [4.78, 5) is 22.8. The van der Waals surface area contributed by atoms with Crippen LogP contribution in [0.1, 0.15) is 48.0 Å². The van der Waals surface area contributed by atoms with E-state index in [2.05, 4.69) is 32.7 Å². The number of ether oxygens (including phenoxy) is 2. The number of hydrogen-bond donors (Lipinski definition) is 1. The molecule has 0 aromatic rings. The lowest BCUT2D eigenvalue weighted by Gasteiger charge is -2.29. The zero-order chi connectivity index (χ0) is 16.6. The Labute approximate surface area is 128 Å². The maximum absolute atomic E-state index is 11.7. The summed E-state index contributed by atoms with van der Waals surface area (Å²) in [6.07, 6.45) is 0.297. The predicted molar refractivity (Wildman–Crippen MR) is 83.0 cm³/mol. The fourth-order valence-electron chi connectivity index (χ4n) is 1.76. The highest BCUT2D eigenvalue weighted by Crippen LogP contribution is 2.25. The summed E-state index contributed by atoms with van der Waals surface area (Å²) in [6.45, 7) is 15.6. The molecule has 0 aromatic heterocycles. The van der Waals surface area contributed by atoms with Crippen molar-refractivity contribution in [2.24, 2.45) is 11.8 Å². The van der Waals surface area contributed by atoms with E-state index in [9.17, 15) is 9.59 Å². The van der Waals surface area contributed by atoms with Gasteiger partial charge in [-0.15, -0.1) is 0 Å². The van der Waals surface area contributed by atoms with Crippen molar-refractivity contribution in [3.05, 3.63) is 12.2 Å². The van der Waals surface area contributed by atoms with E-state index in [4.69, 9.17) is 9.47 Å². The summed E-state index contributed by atoms with van der Waals surface area (Å²) in [5.41, 5.74) is -0.191. The average Bonchev–Trinajstić information content (AvgIpc) is 2.32. The Morgan fingerprint density at radius 3 is 2.29 bits per heavy atom. The Morgan fingerprint density at radius 1 is 1.24 bits per heavy atom. The smallest absolute Gasteiger partial charge is 0.407 e. The monoisotopic (exact) mass is 299 g/mol. The molecule has 0 aliphatic carbocycles. The molecular weight excluding hydrogens is 270 g/mol. The van der Waals surface area contributed by atoms with Crippen LogP contribution in [0.25, 0.3) is 0 Å². The molecule has 5 nitrogen and oxygen atoms in total.